The smallest absolute Gasteiger partial charge is 0.335 e. The van der Waals surface area contributed by atoms with E-state index in [4.69, 9.17) is 4.74 Å². The maximum absolute atomic E-state index is 13.2. The van der Waals surface area contributed by atoms with Crippen LogP contribution in [0.1, 0.15) is 22.3 Å². The summed E-state index contributed by atoms with van der Waals surface area (Å²) < 4.78 is 7.12. The zero-order valence-electron chi connectivity index (χ0n) is 19.6. The standard InChI is InChI=1S/C26H19BrIN3O6/c1-14-6-7-18(8-15(14)2)30-25(33)20(24(32)29-26(30)34)10-17-11-21(27)23(22(28)12-17)37-13-16-4-3-5-19(9-16)31(35)36/h3-12H,13H2,1-2H3,(H,29,32,34)/b20-10+. The molecule has 1 fully saturated rings. The number of urea groups is 1. The Labute approximate surface area is 233 Å². The topological polar surface area (TPSA) is 119 Å². The maximum atomic E-state index is 13.2. The molecule has 3 aromatic rings. The van der Waals surface area contributed by atoms with Gasteiger partial charge in [0.2, 0.25) is 0 Å². The van der Waals surface area contributed by atoms with Crippen molar-refractivity contribution in [3.63, 3.8) is 0 Å². The third-order valence-corrected chi connectivity index (χ3v) is 7.08. The van der Waals surface area contributed by atoms with Crippen molar-refractivity contribution >= 4 is 73.8 Å². The van der Waals surface area contributed by atoms with Crippen LogP contribution in [0.4, 0.5) is 16.2 Å². The first kappa shape index (κ1) is 26.5. The van der Waals surface area contributed by atoms with E-state index in [1.807, 2.05) is 13.8 Å². The van der Waals surface area contributed by atoms with Crippen molar-refractivity contribution in [2.24, 2.45) is 0 Å². The molecule has 0 aliphatic carbocycles. The average molecular weight is 676 g/mol. The molecule has 11 heteroatoms. The zero-order valence-corrected chi connectivity index (χ0v) is 23.3. The van der Waals surface area contributed by atoms with Crippen LogP contribution in [0.5, 0.6) is 5.75 Å². The first-order chi connectivity index (χ1) is 17.5. The number of anilines is 1. The highest BCUT2D eigenvalue weighted by atomic mass is 127. The number of imide groups is 2. The van der Waals surface area contributed by atoms with E-state index in [0.29, 0.717) is 30.6 Å². The number of carbonyl (C=O) groups is 3. The summed E-state index contributed by atoms with van der Waals surface area (Å²) >= 11 is 5.52. The molecule has 1 N–H and O–H groups in total. The van der Waals surface area contributed by atoms with Gasteiger partial charge in [0.1, 0.15) is 17.9 Å². The van der Waals surface area contributed by atoms with Crippen LogP contribution >= 0.6 is 38.5 Å². The number of nitrogens with one attached hydrogen (secondary N) is 1. The van der Waals surface area contributed by atoms with Gasteiger partial charge in [-0.2, -0.15) is 0 Å². The van der Waals surface area contributed by atoms with Crippen molar-refractivity contribution < 1.29 is 24.0 Å². The van der Waals surface area contributed by atoms with Crippen molar-refractivity contribution in [2.45, 2.75) is 20.5 Å². The molecule has 0 bridgehead atoms. The summed E-state index contributed by atoms with van der Waals surface area (Å²) in [4.78, 5) is 49.7. The van der Waals surface area contributed by atoms with Crippen LogP contribution in [-0.2, 0) is 16.2 Å². The fourth-order valence-electron chi connectivity index (χ4n) is 3.64. The van der Waals surface area contributed by atoms with Crippen molar-refractivity contribution in [3.05, 3.63) is 101 Å². The number of carbonyl (C=O) groups excluding carboxylic acids is 3. The van der Waals surface area contributed by atoms with E-state index in [1.54, 1.807) is 42.5 Å². The van der Waals surface area contributed by atoms with Gasteiger partial charge >= 0.3 is 6.03 Å². The zero-order chi connectivity index (χ0) is 26.9. The highest BCUT2D eigenvalue weighted by Gasteiger charge is 2.37. The molecule has 9 nitrogen and oxygen atoms in total. The molecule has 37 heavy (non-hydrogen) atoms. The molecule has 0 atom stereocenters. The van der Waals surface area contributed by atoms with Crippen LogP contribution in [0.3, 0.4) is 0 Å². The van der Waals surface area contributed by atoms with Crippen molar-refractivity contribution in [2.75, 3.05) is 4.90 Å². The van der Waals surface area contributed by atoms with E-state index in [2.05, 4.69) is 43.8 Å². The van der Waals surface area contributed by atoms with Crippen molar-refractivity contribution in [3.8, 4) is 5.75 Å². The Kier molecular flexibility index (Phi) is 7.73. The average Bonchev–Trinajstić information content (AvgIpc) is 2.83. The summed E-state index contributed by atoms with van der Waals surface area (Å²) in [6, 6.07) is 13.9. The maximum Gasteiger partial charge on any atom is 0.335 e. The number of halogens is 2. The lowest BCUT2D eigenvalue weighted by Gasteiger charge is -2.27. The van der Waals surface area contributed by atoms with Crippen LogP contribution in [-0.4, -0.2) is 22.8 Å². The van der Waals surface area contributed by atoms with Gasteiger partial charge in [-0.3, -0.25) is 25.0 Å². The number of non-ortho nitro benzene ring substituents is 1. The van der Waals surface area contributed by atoms with Crippen molar-refractivity contribution in [1.82, 2.24) is 5.32 Å². The van der Waals surface area contributed by atoms with Gasteiger partial charge in [0.25, 0.3) is 17.5 Å². The number of barbiturate groups is 1. The number of ether oxygens (including phenoxy) is 1. The second-order valence-corrected chi connectivity index (χ2v) is 10.3. The number of hydrogen-bond donors (Lipinski definition) is 1. The van der Waals surface area contributed by atoms with Crippen LogP contribution in [0.25, 0.3) is 6.08 Å². The number of amides is 4. The Hall–Kier alpha value is -3.58. The SMILES string of the molecule is Cc1ccc(N2C(=O)NC(=O)/C(=C\c3cc(Br)c(OCc4cccc([N+](=O)[O-])c4)c(I)c3)C2=O)cc1C. The van der Waals surface area contributed by atoms with Crippen LogP contribution in [0, 0.1) is 27.5 Å². The Bertz CT molecular complexity index is 1480. The molecule has 4 rings (SSSR count). The quantitative estimate of drug-likeness (QED) is 0.116. The number of hydrogen-bond acceptors (Lipinski definition) is 6. The van der Waals surface area contributed by atoms with Gasteiger partial charge in [0, 0.05) is 12.1 Å². The Morgan fingerprint density at radius 1 is 1.08 bits per heavy atom. The predicted molar refractivity (Wildman–Crippen MR) is 149 cm³/mol. The minimum atomic E-state index is -0.809. The molecule has 1 saturated heterocycles. The molecule has 1 heterocycles. The molecule has 0 spiro atoms. The van der Waals surface area contributed by atoms with Gasteiger partial charge in [0.05, 0.1) is 18.7 Å². The summed E-state index contributed by atoms with van der Waals surface area (Å²) in [7, 11) is 0. The Morgan fingerprint density at radius 2 is 1.84 bits per heavy atom. The predicted octanol–water partition coefficient (Wildman–Crippen LogP) is 5.82. The molecule has 0 aromatic heterocycles. The minimum Gasteiger partial charge on any atom is -0.487 e. The minimum absolute atomic E-state index is 0.0272. The van der Waals surface area contributed by atoms with E-state index in [1.165, 1.54) is 18.2 Å². The number of aryl methyl sites for hydroxylation is 2. The van der Waals surface area contributed by atoms with Crippen LogP contribution < -0.4 is 15.0 Å². The third-order valence-electron chi connectivity index (χ3n) is 5.69. The fourth-order valence-corrected chi connectivity index (χ4v) is 5.41. The fraction of sp³-hybridized carbons (Fsp3) is 0.115. The van der Waals surface area contributed by atoms with Crippen LogP contribution in [0.2, 0.25) is 0 Å². The Morgan fingerprint density at radius 3 is 2.51 bits per heavy atom. The van der Waals surface area contributed by atoms with E-state index in [9.17, 15) is 24.5 Å². The summed E-state index contributed by atoms with van der Waals surface area (Å²) in [6.07, 6.45) is 1.41. The van der Waals surface area contributed by atoms with Gasteiger partial charge in [-0.05, 0) is 105 Å². The van der Waals surface area contributed by atoms with E-state index in [-0.39, 0.29) is 17.9 Å². The van der Waals surface area contributed by atoms with Gasteiger partial charge in [-0.1, -0.05) is 18.2 Å². The normalized spacial score (nSPS) is 14.6. The lowest BCUT2D eigenvalue weighted by atomic mass is 10.0. The number of rotatable bonds is 6. The van der Waals surface area contributed by atoms with E-state index < -0.39 is 22.8 Å². The molecular weight excluding hydrogens is 657 g/mol. The molecule has 4 amide bonds. The van der Waals surface area contributed by atoms with E-state index in [0.717, 1.165) is 16.0 Å². The lowest BCUT2D eigenvalue weighted by Crippen LogP contribution is -2.54. The molecule has 1 aliphatic rings. The van der Waals surface area contributed by atoms with Gasteiger partial charge in [0.15, 0.2) is 0 Å². The summed E-state index contributed by atoms with van der Waals surface area (Å²) in [5.74, 6) is -1.01. The van der Waals surface area contributed by atoms with E-state index >= 15 is 0 Å². The number of nitrogens with zero attached hydrogens (tertiary/aromatic N) is 2. The molecule has 3 aromatic carbocycles. The highest BCUT2D eigenvalue weighted by molar-refractivity contribution is 14.1. The Balaban J connectivity index is 1.60. The van der Waals surface area contributed by atoms with Gasteiger partial charge in [-0.15, -0.1) is 0 Å². The molecule has 188 valence electrons. The van der Waals surface area contributed by atoms with Gasteiger partial charge in [-0.25, -0.2) is 9.69 Å². The first-order valence-corrected chi connectivity index (χ1v) is 12.8. The third kappa shape index (κ3) is 5.72. The molecule has 0 unspecified atom stereocenters. The molecule has 0 radical (unpaired) electrons. The van der Waals surface area contributed by atoms with Crippen molar-refractivity contribution in [1.29, 1.82) is 0 Å². The largest absolute Gasteiger partial charge is 0.487 e. The lowest BCUT2D eigenvalue weighted by molar-refractivity contribution is -0.384. The summed E-state index contributed by atoms with van der Waals surface area (Å²) in [5, 5.41) is 13.2. The first-order valence-electron chi connectivity index (χ1n) is 10.9. The number of nitro benzene ring substituents is 1. The van der Waals surface area contributed by atoms with Crippen LogP contribution in [0.15, 0.2) is 64.6 Å². The second-order valence-electron chi connectivity index (χ2n) is 8.26. The molecule has 1 aliphatic heterocycles. The summed E-state index contributed by atoms with van der Waals surface area (Å²) in [5.41, 5.74) is 3.22. The number of nitro groups is 1. The van der Waals surface area contributed by atoms with Gasteiger partial charge < -0.3 is 4.74 Å². The molecule has 0 saturated carbocycles. The monoisotopic (exact) mass is 675 g/mol. The molecular formula is C26H19BrIN3O6. The second kappa shape index (κ2) is 10.8. The number of benzene rings is 3. The summed E-state index contributed by atoms with van der Waals surface area (Å²) in [6.45, 7) is 3.89. The highest BCUT2D eigenvalue weighted by Crippen LogP contribution is 2.34.